The lowest BCUT2D eigenvalue weighted by Gasteiger charge is -2.29. The molecule has 2 aromatic carbocycles. The molecule has 1 amide bonds. The van der Waals surface area contributed by atoms with Crippen molar-refractivity contribution < 1.29 is 17.6 Å². The summed E-state index contributed by atoms with van der Waals surface area (Å²) in [7, 11) is -3.93. The zero-order valence-corrected chi connectivity index (χ0v) is 17.3. The van der Waals surface area contributed by atoms with Crippen LogP contribution in [0.4, 0.5) is 10.1 Å². The van der Waals surface area contributed by atoms with Gasteiger partial charge in [0.25, 0.3) is 15.9 Å². The van der Waals surface area contributed by atoms with Gasteiger partial charge in [0.1, 0.15) is 5.82 Å². The van der Waals surface area contributed by atoms with Crippen molar-refractivity contribution in [2.24, 2.45) is 0 Å². The summed E-state index contributed by atoms with van der Waals surface area (Å²) in [5, 5.41) is 1.87. The summed E-state index contributed by atoms with van der Waals surface area (Å²) < 4.78 is 41.5. The molecule has 2 heterocycles. The molecule has 1 aliphatic heterocycles. The van der Waals surface area contributed by atoms with Crippen LogP contribution in [0.5, 0.6) is 0 Å². The maximum Gasteiger partial charge on any atom is 0.264 e. The van der Waals surface area contributed by atoms with Crippen molar-refractivity contribution in [1.82, 2.24) is 4.90 Å². The number of amides is 1. The number of hydrogen-bond acceptors (Lipinski definition) is 4. The average molecular weight is 431 g/mol. The lowest BCUT2D eigenvalue weighted by molar-refractivity contribution is 0.0739. The Labute approximate surface area is 172 Å². The highest BCUT2D eigenvalue weighted by atomic mass is 32.2. The van der Waals surface area contributed by atoms with Crippen LogP contribution in [-0.2, 0) is 23.0 Å². The van der Waals surface area contributed by atoms with Gasteiger partial charge in [-0.3, -0.25) is 9.52 Å². The van der Waals surface area contributed by atoms with Gasteiger partial charge >= 0.3 is 0 Å². The first-order valence-electron chi connectivity index (χ1n) is 9.07. The lowest BCUT2D eigenvalue weighted by Crippen LogP contribution is -2.35. The van der Waals surface area contributed by atoms with E-state index in [-0.39, 0.29) is 10.8 Å². The summed E-state index contributed by atoms with van der Waals surface area (Å²) in [4.78, 5) is 15.0. The fourth-order valence-corrected chi connectivity index (χ4v) is 5.42. The van der Waals surface area contributed by atoms with Crippen molar-refractivity contribution in [1.29, 1.82) is 0 Å². The number of nitrogens with one attached hydrogen (secondary N) is 1. The number of carbonyl (C=O) groups is 1. The second-order valence-corrected chi connectivity index (χ2v) is 9.55. The number of rotatable bonds is 4. The zero-order chi connectivity index (χ0) is 20.6. The quantitative estimate of drug-likeness (QED) is 0.675. The Morgan fingerprint density at radius 2 is 1.97 bits per heavy atom. The highest BCUT2D eigenvalue weighted by Gasteiger charge is 2.24. The van der Waals surface area contributed by atoms with Crippen LogP contribution in [0.3, 0.4) is 0 Å². The average Bonchev–Trinajstić information content (AvgIpc) is 3.23. The lowest BCUT2D eigenvalue weighted by atomic mass is 9.99. The Bertz CT molecular complexity index is 1170. The smallest absolute Gasteiger partial charge is 0.264 e. The van der Waals surface area contributed by atoms with Gasteiger partial charge in [0.2, 0.25) is 0 Å². The van der Waals surface area contributed by atoms with Gasteiger partial charge in [-0.1, -0.05) is 18.2 Å². The van der Waals surface area contributed by atoms with E-state index in [1.165, 1.54) is 23.5 Å². The number of aryl methyl sites for hydroxylation is 1. The molecule has 0 bridgehead atoms. The van der Waals surface area contributed by atoms with Crippen molar-refractivity contribution in [3.63, 3.8) is 0 Å². The largest absolute Gasteiger partial charge is 0.333 e. The van der Waals surface area contributed by atoms with Gasteiger partial charge in [0.15, 0.2) is 0 Å². The number of halogens is 1. The van der Waals surface area contributed by atoms with Crippen LogP contribution in [0.1, 0.15) is 26.4 Å². The van der Waals surface area contributed by atoms with E-state index in [4.69, 9.17) is 0 Å². The number of carbonyl (C=O) groups excluding carboxylic acids is 1. The van der Waals surface area contributed by atoms with Gasteiger partial charge in [-0.15, -0.1) is 11.3 Å². The van der Waals surface area contributed by atoms with Crippen molar-refractivity contribution in [3.8, 4) is 0 Å². The molecule has 1 aliphatic rings. The fraction of sp³-hybridized carbons (Fsp3) is 0.190. The van der Waals surface area contributed by atoms with Gasteiger partial charge in [-0.2, -0.15) is 0 Å². The maximum absolute atomic E-state index is 13.5. The molecule has 8 heteroatoms. The molecule has 150 valence electrons. The van der Waals surface area contributed by atoms with Crippen molar-refractivity contribution in [2.45, 2.75) is 24.8 Å². The molecule has 0 atom stereocenters. The van der Waals surface area contributed by atoms with Crippen molar-refractivity contribution in [3.05, 3.63) is 81.3 Å². The van der Waals surface area contributed by atoms with Crippen LogP contribution in [0, 0.1) is 12.7 Å². The van der Waals surface area contributed by atoms with Crippen LogP contribution in [0.25, 0.3) is 0 Å². The Hall–Kier alpha value is -2.71. The molecule has 3 aromatic rings. The molecule has 0 saturated carbocycles. The molecule has 0 aliphatic carbocycles. The molecule has 0 unspecified atom stereocenters. The van der Waals surface area contributed by atoms with E-state index >= 15 is 0 Å². The van der Waals surface area contributed by atoms with E-state index in [2.05, 4.69) is 4.72 Å². The number of thiophene rings is 1. The summed E-state index contributed by atoms with van der Waals surface area (Å²) in [5.41, 5.74) is 2.84. The molecule has 0 saturated heterocycles. The summed E-state index contributed by atoms with van der Waals surface area (Å²) in [5.74, 6) is -0.629. The monoisotopic (exact) mass is 430 g/mol. The first kappa shape index (κ1) is 19.6. The number of nitrogens with zero attached hydrogens (tertiary/aromatic N) is 1. The second kappa shape index (κ2) is 7.61. The summed E-state index contributed by atoms with van der Waals surface area (Å²) in [6.45, 7) is 2.66. The second-order valence-electron chi connectivity index (χ2n) is 6.95. The molecule has 0 fully saturated rings. The third kappa shape index (κ3) is 4.04. The third-order valence-corrected chi connectivity index (χ3v) is 7.31. The molecular formula is C21H19FN2O3S2. The van der Waals surface area contributed by atoms with Crippen LogP contribution < -0.4 is 4.72 Å². The van der Waals surface area contributed by atoms with Crippen LogP contribution >= 0.6 is 11.3 Å². The molecule has 1 N–H and O–H groups in total. The summed E-state index contributed by atoms with van der Waals surface area (Å²) in [6, 6.07) is 12.6. The number of hydrogen-bond donors (Lipinski definition) is 1. The van der Waals surface area contributed by atoms with Gasteiger partial charge in [0, 0.05) is 18.8 Å². The standard InChI is InChI=1S/C21H19FN2O3S2/c1-14-4-6-17(22)12-20(14)29(26,27)23-18-7-5-15-8-9-24(13-16(15)11-18)21(25)19-3-2-10-28-19/h2-7,10-12,23H,8-9,13H2,1H3. The Morgan fingerprint density at radius 1 is 1.14 bits per heavy atom. The molecule has 0 spiro atoms. The summed E-state index contributed by atoms with van der Waals surface area (Å²) in [6.07, 6.45) is 0.711. The minimum atomic E-state index is -3.93. The maximum atomic E-state index is 13.5. The van der Waals surface area contributed by atoms with Crippen molar-refractivity contribution in [2.75, 3.05) is 11.3 Å². The van der Waals surface area contributed by atoms with E-state index in [0.29, 0.717) is 35.6 Å². The topological polar surface area (TPSA) is 66.5 Å². The predicted molar refractivity (Wildman–Crippen MR) is 111 cm³/mol. The van der Waals surface area contributed by atoms with Crippen LogP contribution in [-0.4, -0.2) is 25.8 Å². The number of sulfonamides is 1. The van der Waals surface area contributed by atoms with Crippen LogP contribution in [0.2, 0.25) is 0 Å². The molecular weight excluding hydrogens is 411 g/mol. The first-order chi connectivity index (χ1) is 13.8. The molecule has 29 heavy (non-hydrogen) atoms. The van der Waals surface area contributed by atoms with Gasteiger partial charge in [-0.25, -0.2) is 12.8 Å². The Morgan fingerprint density at radius 3 is 2.72 bits per heavy atom. The Balaban J connectivity index is 1.58. The van der Waals surface area contributed by atoms with Gasteiger partial charge in [0.05, 0.1) is 9.77 Å². The highest BCUT2D eigenvalue weighted by molar-refractivity contribution is 7.92. The van der Waals surface area contributed by atoms with E-state index in [9.17, 15) is 17.6 Å². The first-order valence-corrected chi connectivity index (χ1v) is 11.4. The van der Waals surface area contributed by atoms with Crippen molar-refractivity contribution >= 4 is 33.0 Å². The van der Waals surface area contributed by atoms with E-state index in [0.717, 1.165) is 17.2 Å². The Kier molecular flexibility index (Phi) is 5.14. The van der Waals surface area contributed by atoms with Crippen LogP contribution in [0.15, 0.2) is 58.8 Å². The summed E-state index contributed by atoms with van der Waals surface area (Å²) >= 11 is 1.40. The minimum Gasteiger partial charge on any atom is -0.333 e. The minimum absolute atomic E-state index is 0.0213. The number of anilines is 1. The predicted octanol–water partition coefficient (Wildman–Crippen LogP) is 4.19. The van der Waals surface area contributed by atoms with Gasteiger partial charge < -0.3 is 4.90 Å². The molecule has 0 radical (unpaired) electrons. The zero-order valence-electron chi connectivity index (χ0n) is 15.7. The molecule has 4 rings (SSSR count). The molecule has 5 nitrogen and oxygen atoms in total. The highest BCUT2D eigenvalue weighted by Crippen LogP contribution is 2.27. The number of fused-ring (bicyclic) bond motifs is 1. The SMILES string of the molecule is Cc1ccc(F)cc1S(=O)(=O)Nc1ccc2c(c1)CN(C(=O)c1cccs1)CC2. The normalized spacial score (nSPS) is 13.8. The third-order valence-electron chi connectivity index (χ3n) is 4.93. The fourth-order valence-electron chi connectivity index (χ4n) is 3.42. The van der Waals surface area contributed by atoms with E-state index in [1.807, 2.05) is 17.5 Å². The van der Waals surface area contributed by atoms with Gasteiger partial charge in [-0.05, 0) is 65.7 Å². The van der Waals surface area contributed by atoms with E-state index < -0.39 is 15.8 Å². The number of benzene rings is 2. The molecule has 1 aromatic heterocycles. The van der Waals surface area contributed by atoms with E-state index in [1.54, 1.807) is 30.0 Å².